The van der Waals surface area contributed by atoms with Crippen molar-refractivity contribution in [1.29, 1.82) is 0 Å². The molecule has 0 fully saturated rings. The molecule has 3 aromatic rings. The Morgan fingerprint density at radius 3 is 2.89 bits per heavy atom. The largest absolute Gasteiger partial charge is 0.468 e. The summed E-state index contributed by atoms with van der Waals surface area (Å²) in [6.45, 7) is -1.17. The van der Waals surface area contributed by atoms with Gasteiger partial charge in [0.15, 0.2) is 6.61 Å². The molecule has 0 unspecified atom stereocenters. The van der Waals surface area contributed by atoms with Crippen LogP contribution < -0.4 is 15.6 Å². The number of carbonyl (C=O) groups excluding carboxylic acids is 1. The van der Waals surface area contributed by atoms with E-state index in [2.05, 4.69) is 20.0 Å². The number of hydrogen-bond acceptors (Lipinski definition) is 6. The highest BCUT2D eigenvalue weighted by Gasteiger charge is 2.28. The Labute approximate surface area is 160 Å². The van der Waals surface area contributed by atoms with Crippen molar-refractivity contribution in [1.82, 2.24) is 19.9 Å². The maximum atomic E-state index is 12.2. The van der Waals surface area contributed by atoms with Crippen LogP contribution in [-0.2, 0) is 17.9 Å². The van der Waals surface area contributed by atoms with Crippen molar-refractivity contribution in [3.8, 4) is 5.88 Å². The number of halogens is 3. The molecule has 28 heavy (non-hydrogen) atoms. The lowest BCUT2D eigenvalue weighted by molar-refractivity contribution is -0.154. The van der Waals surface area contributed by atoms with Crippen LogP contribution in [0.4, 0.5) is 13.2 Å². The van der Waals surface area contributed by atoms with Crippen LogP contribution in [-0.4, -0.2) is 33.2 Å². The first kappa shape index (κ1) is 19.8. The Morgan fingerprint density at radius 2 is 2.11 bits per heavy atom. The van der Waals surface area contributed by atoms with E-state index < -0.39 is 12.8 Å². The van der Waals surface area contributed by atoms with Crippen LogP contribution in [0.3, 0.4) is 0 Å². The fraction of sp³-hybridized carbons (Fsp3) is 0.294. The first-order valence-corrected chi connectivity index (χ1v) is 9.03. The Bertz CT molecular complexity index is 1030. The third-order valence-electron chi connectivity index (χ3n) is 3.70. The maximum absolute atomic E-state index is 12.2. The van der Waals surface area contributed by atoms with Gasteiger partial charge >= 0.3 is 6.18 Å². The number of ether oxygens (including phenoxy) is 1. The van der Waals surface area contributed by atoms with Gasteiger partial charge in [-0.15, -0.1) is 11.3 Å². The number of alkyl halides is 3. The number of carbonyl (C=O) groups is 1. The lowest BCUT2D eigenvalue weighted by Gasteiger charge is -2.10. The summed E-state index contributed by atoms with van der Waals surface area (Å²) in [4.78, 5) is 32.8. The molecule has 0 aliphatic rings. The standard InChI is InChI=1S/C17H15F3N4O3S/c18-17(19,20)9-27-14-7-11(1-4-21-14)8-22-13(25)2-5-24-10-23-15-12(16(24)26)3-6-28-15/h1,3-4,6-7,10H,2,5,8-9H2,(H,22,25). The normalized spacial score (nSPS) is 11.5. The minimum atomic E-state index is -4.45. The average Bonchev–Trinajstić information content (AvgIpc) is 3.14. The number of thiophene rings is 1. The average molecular weight is 412 g/mol. The zero-order chi connectivity index (χ0) is 20.1. The lowest BCUT2D eigenvalue weighted by Crippen LogP contribution is -2.27. The molecule has 0 radical (unpaired) electrons. The van der Waals surface area contributed by atoms with E-state index in [-0.39, 0.29) is 36.9 Å². The number of nitrogens with one attached hydrogen (secondary N) is 1. The van der Waals surface area contributed by atoms with Gasteiger partial charge in [-0.25, -0.2) is 9.97 Å². The number of rotatable bonds is 7. The molecule has 148 valence electrons. The van der Waals surface area contributed by atoms with Gasteiger partial charge in [0.25, 0.3) is 5.56 Å². The zero-order valence-electron chi connectivity index (χ0n) is 14.4. The molecule has 3 rings (SSSR count). The summed E-state index contributed by atoms with van der Waals surface area (Å²) in [6.07, 6.45) is -1.69. The van der Waals surface area contributed by atoms with Crippen LogP contribution in [0.5, 0.6) is 5.88 Å². The van der Waals surface area contributed by atoms with Gasteiger partial charge in [-0.3, -0.25) is 14.2 Å². The molecule has 0 bridgehead atoms. The molecule has 0 atom stereocenters. The lowest BCUT2D eigenvalue weighted by atomic mass is 10.2. The molecule has 11 heteroatoms. The van der Waals surface area contributed by atoms with Crippen LogP contribution >= 0.6 is 11.3 Å². The van der Waals surface area contributed by atoms with Gasteiger partial charge in [-0.05, 0) is 23.1 Å². The van der Waals surface area contributed by atoms with E-state index in [0.29, 0.717) is 15.8 Å². The third-order valence-corrected chi connectivity index (χ3v) is 4.52. The maximum Gasteiger partial charge on any atom is 0.422 e. The van der Waals surface area contributed by atoms with Crippen LogP contribution in [0.1, 0.15) is 12.0 Å². The summed E-state index contributed by atoms with van der Waals surface area (Å²) in [7, 11) is 0. The minimum Gasteiger partial charge on any atom is -0.468 e. The molecule has 1 N–H and O–H groups in total. The summed E-state index contributed by atoms with van der Waals surface area (Å²) >= 11 is 1.36. The van der Waals surface area contributed by atoms with Crippen molar-refractivity contribution in [3.63, 3.8) is 0 Å². The molecule has 0 aliphatic carbocycles. The third kappa shape index (κ3) is 5.28. The fourth-order valence-electron chi connectivity index (χ4n) is 2.36. The van der Waals surface area contributed by atoms with Gasteiger partial charge in [0.05, 0.1) is 11.7 Å². The molecule has 3 aromatic heterocycles. The molecule has 1 amide bonds. The van der Waals surface area contributed by atoms with Crippen molar-refractivity contribution < 1.29 is 22.7 Å². The van der Waals surface area contributed by atoms with Crippen molar-refractivity contribution in [3.05, 3.63) is 52.0 Å². The molecule has 0 saturated heterocycles. The first-order valence-electron chi connectivity index (χ1n) is 8.16. The number of pyridine rings is 1. The number of nitrogens with zero attached hydrogens (tertiary/aromatic N) is 3. The molecule has 3 heterocycles. The van der Waals surface area contributed by atoms with Gasteiger partial charge < -0.3 is 10.1 Å². The summed E-state index contributed by atoms with van der Waals surface area (Å²) in [5.74, 6) is -0.488. The van der Waals surface area contributed by atoms with E-state index in [0.717, 1.165) is 0 Å². The quantitative estimate of drug-likeness (QED) is 0.645. The topological polar surface area (TPSA) is 86.1 Å². The van der Waals surface area contributed by atoms with Crippen molar-refractivity contribution in [2.24, 2.45) is 0 Å². The summed E-state index contributed by atoms with van der Waals surface area (Å²) in [5, 5.41) is 4.93. The van der Waals surface area contributed by atoms with E-state index in [9.17, 15) is 22.8 Å². The van der Waals surface area contributed by atoms with Crippen LogP contribution in [0.2, 0.25) is 0 Å². The molecule has 0 saturated carbocycles. The van der Waals surface area contributed by atoms with Crippen molar-refractivity contribution >= 4 is 27.5 Å². The number of hydrogen-bond donors (Lipinski definition) is 1. The highest BCUT2D eigenvalue weighted by Crippen LogP contribution is 2.17. The van der Waals surface area contributed by atoms with E-state index >= 15 is 0 Å². The first-order chi connectivity index (χ1) is 13.3. The smallest absolute Gasteiger partial charge is 0.422 e. The van der Waals surface area contributed by atoms with E-state index in [1.54, 1.807) is 17.5 Å². The second-order valence-corrected chi connectivity index (χ2v) is 6.71. The Morgan fingerprint density at radius 1 is 1.29 bits per heavy atom. The minimum absolute atomic E-state index is 0.0553. The number of fused-ring (bicyclic) bond motifs is 1. The van der Waals surface area contributed by atoms with Gasteiger partial charge in [0, 0.05) is 31.8 Å². The molecule has 0 spiro atoms. The molecular weight excluding hydrogens is 397 g/mol. The van der Waals surface area contributed by atoms with Gasteiger partial charge in [0.1, 0.15) is 4.83 Å². The van der Waals surface area contributed by atoms with Crippen LogP contribution in [0.25, 0.3) is 10.2 Å². The van der Waals surface area contributed by atoms with Crippen molar-refractivity contribution in [2.75, 3.05) is 6.61 Å². The predicted octanol–water partition coefficient (Wildman–Crippen LogP) is 2.50. The summed E-state index contributed by atoms with van der Waals surface area (Å²) < 4.78 is 42.5. The summed E-state index contributed by atoms with van der Waals surface area (Å²) in [5.41, 5.74) is 0.332. The predicted molar refractivity (Wildman–Crippen MR) is 96.1 cm³/mol. The Kier molecular flexibility index (Phi) is 5.93. The number of aromatic nitrogens is 3. The Balaban J connectivity index is 1.51. The summed E-state index contributed by atoms with van der Waals surface area (Å²) in [6, 6.07) is 4.57. The number of aryl methyl sites for hydroxylation is 1. The number of amides is 1. The monoisotopic (exact) mass is 412 g/mol. The Hall–Kier alpha value is -2.95. The SMILES string of the molecule is O=C(CCn1cnc2sccc2c1=O)NCc1ccnc(OCC(F)(F)F)c1. The molecule has 0 aliphatic heterocycles. The highest BCUT2D eigenvalue weighted by atomic mass is 32.1. The van der Waals surface area contributed by atoms with Gasteiger partial charge in [-0.2, -0.15) is 13.2 Å². The molecular formula is C17H15F3N4O3S. The van der Waals surface area contributed by atoms with Gasteiger partial charge in [0.2, 0.25) is 11.8 Å². The zero-order valence-corrected chi connectivity index (χ0v) is 15.2. The second-order valence-electron chi connectivity index (χ2n) is 5.82. The van der Waals surface area contributed by atoms with E-state index in [4.69, 9.17) is 0 Å². The van der Waals surface area contributed by atoms with E-state index in [1.165, 1.54) is 34.5 Å². The van der Waals surface area contributed by atoms with E-state index in [1.807, 2.05) is 0 Å². The highest BCUT2D eigenvalue weighted by molar-refractivity contribution is 7.16. The second kappa shape index (κ2) is 8.38. The fourth-order valence-corrected chi connectivity index (χ4v) is 3.08. The van der Waals surface area contributed by atoms with Crippen molar-refractivity contribution in [2.45, 2.75) is 25.7 Å². The molecule has 7 nitrogen and oxygen atoms in total. The molecule has 0 aromatic carbocycles. The van der Waals surface area contributed by atoms with Crippen LogP contribution in [0.15, 0.2) is 40.9 Å². The van der Waals surface area contributed by atoms with Crippen LogP contribution in [0, 0.1) is 0 Å². The van der Waals surface area contributed by atoms with Gasteiger partial charge in [-0.1, -0.05) is 0 Å².